The average molecular weight is 430 g/mol. The smallest absolute Gasteiger partial charge is 0.0693 e. The number of rotatable bonds is 0. The molecule has 0 spiro atoms. The van der Waals surface area contributed by atoms with E-state index in [1.54, 1.807) is 0 Å². The summed E-state index contributed by atoms with van der Waals surface area (Å²) in [4.78, 5) is 8.25. The van der Waals surface area contributed by atoms with Crippen molar-refractivity contribution in [2.75, 3.05) is 0 Å². The van der Waals surface area contributed by atoms with Crippen molar-refractivity contribution in [3.05, 3.63) is 15.3 Å². The molecule has 0 aromatic rings. The van der Waals surface area contributed by atoms with Crippen molar-refractivity contribution in [1.29, 1.82) is 0 Å². The molecule has 0 aromatic carbocycles. The molecule has 1 aliphatic rings. The summed E-state index contributed by atoms with van der Waals surface area (Å²) in [5, 5.41) is 12.1. The fraction of sp³-hybridized carbons (Fsp3) is 1.00. The second-order valence-corrected chi connectivity index (χ2v) is 5.91. The summed E-state index contributed by atoms with van der Waals surface area (Å²) in [6, 6.07) is 0. The molecule has 0 aliphatic heterocycles. The van der Waals surface area contributed by atoms with Gasteiger partial charge in [0.15, 0.2) is 0 Å². The first-order valence-corrected chi connectivity index (χ1v) is 6.48. The van der Waals surface area contributed by atoms with Crippen molar-refractivity contribution in [1.82, 2.24) is 0 Å². The van der Waals surface area contributed by atoms with Crippen LogP contribution in [0.1, 0.15) is 0 Å². The molecule has 1 rings (SSSR count). The van der Waals surface area contributed by atoms with Crippen molar-refractivity contribution in [3.8, 4) is 0 Å². The van der Waals surface area contributed by atoms with Gasteiger partial charge in [0.25, 0.3) is 0 Å². The van der Waals surface area contributed by atoms with Crippen LogP contribution in [0.5, 0.6) is 0 Å². The van der Waals surface area contributed by atoms with Crippen LogP contribution in [0.25, 0.3) is 0 Å². The molecule has 1 aliphatic carbocycles. The van der Waals surface area contributed by atoms with E-state index in [0.717, 1.165) is 0 Å². The van der Waals surface area contributed by atoms with E-state index in [9.17, 15) is 0 Å². The van der Waals surface area contributed by atoms with Gasteiger partial charge in [-0.3, -0.25) is 0 Å². The minimum atomic E-state index is -1.75. The summed E-state index contributed by atoms with van der Waals surface area (Å²) in [7, 11) is 0. The van der Waals surface area contributed by atoms with E-state index >= 15 is 0 Å². The molecule has 0 heterocycles. The largest absolute Gasteiger partial charge is 0.412 e. The molecular weight excluding hydrogens is 421 g/mol. The predicted octanol–water partition coefficient (Wildman–Crippen LogP) is 2.58. The van der Waals surface area contributed by atoms with Gasteiger partial charge in [-0.1, -0.05) is 0 Å². The summed E-state index contributed by atoms with van der Waals surface area (Å²) >= 11 is 35.3. The maximum atomic E-state index is 8.25. The zero-order chi connectivity index (χ0) is 13.0. The third-order valence-electron chi connectivity index (χ3n) is 1.83. The summed E-state index contributed by atoms with van der Waals surface area (Å²) < 4.78 is 0. The molecule has 18 heavy (non-hydrogen) atoms. The summed E-state index contributed by atoms with van der Waals surface area (Å²) in [6.45, 7) is 0. The molecular formula is C6H8Cl6NNiO4-. The van der Waals surface area contributed by atoms with Gasteiger partial charge in [-0.15, -0.1) is 69.6 Å². The number of halogens is 6. The Morgan fingerprint density at radius 3 is 0.778 bits per heavy atom. The van der Waals surface area contributed by atoms with Crippen molar-refractivity contribution >= 4 is 69.6 Å². The van der Waals surface area contributed by atoms with Gasteiger partial charge >= 0.3 is 0 Å². The summed E-state index contributed by atoms with van der Waals surface area (Å²) in [6.07, 6.45) is 0. The SMILES string of the molecule is Cl[C@H]1[C@H](Cl)[C@@H](Cl)[C@@H](Cl)[C@H](Cl)[C@H]1Cl.O.O=[N+]([O-])[O-].[Ni]. The number of nitrogens with zero attached hydrogens (tertiary/aromatic N) is 1. The van der Waals surface area contributed by atoms with Crippen LogP contribution in [-0.4, -0.2) is 42.8 Å². The first kappa shape index (κ1) is 24.4. The standard InChI is InChI=1S/C6H6Cl6.NO3.Ni.H2O/c7-1-2(8)4(10)6(12)5(11)3(1)9;2-1(3)4;;/h1-6H;;;1H2/q;-1;;/t1-,2-,3-,4+,5+,6+;;;. The van der Waals surface area contributed by atoms with Crippen LogP contribution in [0, 0.1) is 15.3 Å². The van der Waals surface area contributed by atoms with E-state index < -0.39 is 37.3 Å². The molecule has 0 amide bonds. The molecule has 0 radical (unpaired) electrons. The van der Waals surface area contributed by atoms with Crippen LogP contribution in [0.4, 0.5) is 0 Å². The summed E-state index contributed by atoms with van der Waals surface area (Å²) in [5.41, 5.74) is 0. The first-order chi connectivity index (χ1) is 7.20. The number of hydrogen-bond donors (Lipinski definition) is 0. The first-order valence-electron chi connectivity index (χ1n) is 3.86. The topological polar surface area (TPSA) is 97.7 Å². The second kappa shape index (κ2) is 11.1. The molecule has 12 heteroatoms. The van der Waals surface area contributed by atoms with Crippen LogP contribution in [0.3, 0.4) is 0 Å². The number of hydrogen-bond acceptors (Lipinski definition) is 3. The third-order valence-corrected chi connectivity index (χ3v) is 5.86. The van der Waals surface area contributed by atoms with E-state index in [2.05, 4.69) is 0 Å². The van der Waals surface area contributed by atoms with E-state index in [4.69, 9.17) is 84.9 Å². The Kier molecular flexibility index (Phi) is 15.1. The van der Waals surface area contributed by atoms with Crippen molar-refractivity contribution in [3.63, 3.8) is 0 Å². The molecule has 0 aromatic heterocycles. The van der Waals surface area contributed by atoms with Gasteiger partial charge in [0.2, 0.25) is 0 Å². The fourth-order valence-corrected chi connectivity index (χ4v) is 3.38. The molecule has 2 N–H and O–H groups in total. The van der Waals surface area contributed by atoms with E-state index in [1.165, 1.54) is 0 Å². The molecule has 0 bridgehead atoms. The predicted molar refractivity (Wildman–Crippen MR) is 71.8 cm³/mol. The maximum Gasteiger partial charge on any atom is 0.0693 e. The van der Waals surface area contributed by atoms with E-state index in [1.807, 2.05) is 0 Å². The van der Waals surface area contributed by atoms with Gasteiger partial charge in [-0.25, -0.2) is 0 Å². The van der Waals surface area contributed by atoms with Gasteiger partial charge in [0.1, 0.15) is 0 Å². The van der Waals surface area contributed by atoms with Crippen molar-refractivity contribution in [2.24, 2.45) is 0 Å². The molecule has 114 valence electrons. The van der Waals surface area contributed by atoms with E-state index in [0.29, 0.717) is 0 Å². The monoisotopic (exact) mass is 426 g/mol. The summed E-state index contributed by atoms with van der Waals surface area (Å²) in [5.74, 6) is 0. The van der Waals surface area contributed by atoms with Crippen molar-refractivity contribution in [2.45, 2.75) is 32.3 Å². The minimum Gasteiger partial charge on any atom is -0.412 e. The third kappa shape index (κ3) is 7.25. The van der Waals surface area contributed by atoms with Crippen molar-refractivity contribution < 1.29 is 27.1 Å². The Balaban J connectivity index is -0.000000332. The van der Waals surface area contributed by atoms with Crippen LogP contribution in [0.2, 0.25) is 0 Å². The Morgan fingerprint density at radius 2 is 0.722 bits per heavy atom. The molecule has 0 saturated heterocycles. The van der Waals surface area contributed by atoms with Crippen LogP contribution in [-0.2, 0) is 16.5 Å². The van der Waals surface area contributed by atoms with E-state index in [-0.39, 0.29) is 22.0 Å². The fourth-order valence-electron chi connectivity index (χ4n) is 1.05. The average Bonchev–Trinajstić information content (AvgIpc) is 2.20. The zero-order valence-electron chi connectivity index (χ0n) is 8.22. The van der Waals surface area contributed by atoms with Crippen LogP contribution < -0.4 is 0 Å². The second-order valence-electron chi connectivity index (χ2n) is 2.89. The van der Waals surface area contributed by atoms with Crippen LogP contribution >= 0.6 is 69.6 Å². The quantitative estimate of drug-likeness (QED) is 0.256. The Bertz CT molecular complexity index is 190. The minimum absolute atomic E-state index is 0. The Hall–Kier alpha value is 1.39. The van der Waals surface area contributed by atoms with Crippen LogP contribution in [0.15, 0.2) is 0 Å². The maximum absolute atomic E-state index is 8.25. The van der Waals surface area contributed by atoms with Gasteiger partial charge in [-0.2, -0.15) is 0 Å². The molecule has 0 atom stereocenters. The van der Waals surface area contributed by atoms with Gasteiger partial charge < -0.3 is 20.8 Å². The van der Waals surface area contributed by atoms with Gasteiger partial charge in [0.05, 0.1) is 37.3 Å². The van der Waals surface area contributed by atoms with Gasteiger partial charge in [0, 0.05) is 16.5 Å². The molecule has 1 fully saturated rings. The Morgan fingerprint density at radius 1 is 0.667 bits per heavy atom. The molecule has 5 nitrogen and oxygen atoms in total. The molecule has 0 unspecified atom stereocenters. The normalized spacial score (nSPS) is 38.3. The zero-order valence-corrected chi connectivity index (χ0v) is 13.7. The Labute approximate surface area is 143 Å². The number of alkyl halides is 6. The molecule has 1 saturated carbocycles. The van der Waals surface area contributed by atoms with Gasteiger partial charge in [-0.05, 0) is 0 Å².